The van der Waals surface area contributed by atoms with Crippen molar-refractivity contribution in [3.63, 3.8) is 0 Å². The number of thiazole rings is 1. The van der Waals surface area contributed by atoms with Crippen molar-refractivity contribution >= 4 is 44.1 Å². The molecule has 2 N–H and O–H groups in total. The standard InChI is InChI=1S/C26H25N5O3S/c1-15(2)31-26(34)19-12-6-3-9-16(19)22(30-31)24(33)29-28-23(32)17-10-4-5-11-18(17)25-27-20-13-7-8-14-21(20)35-25/h3-9,12-15,17-18H,10-11H2,1-2H3,(H,28,32)(H,29,33). The van der Waals surface area contributed by atoms with Crippen molar-refractivity contribution in [3.8, 4) is 0 Å². The lowest BCUT2D eigenvalue weighted by Crippen LogP contribution is -2.46. The second-order valence-corrected chi connectivity index (χ2v) is 9.92. The van der Waals surface area contributed by atoms with Gasteiger partial charge in [0.2, 0.25) is 5.91 Å². The molecule has 35 heavy (non-hydrogen) atoms. The molecule has 0 fully saturated rings. The molecular weight excluding hydrogens is 462 g/mol. The Morgan fingerprint density at radius 3 is 2.49 bits per heavy atom. The van der Waals surface area contributed by atoms with Crippen LogP contribution in [-0.4, -0.2) is 26.6 Å². The van der Waals surface area contributed by atoms with Gasteiger partial charge in [-0.1, -0.05) is 42.5 Å². The van der Waals surface area contributed by atoms with E-state index in [9.17, 15) is 14.4 Å². The van der Waals surface area contributed by atoms with Crippen molar-refractivity contribution < 1.29 is 9.59 Å². The summed E-state index contributed by atoms with van der Waals surface area (Å²) in [5.74, 6) is -1.30. The maximum absolute atomic E-state index is 13.2. The molecule has 0 radical (unpaired) electrons. The molecule has 2 atom stereocenters. The monoisotopic (exact) mass is 487 g/mol. The number of nitrogens with zero attached hydrogens (tertiary/aromatic N) is 3. The van der Waals surface area contributed by atoms with E-state index in [2.05, 4.69) is 22.0 Å². The van der Waals surface area contributed by atoms with Crippen LogP contribution < -0.4 is 16.4 Å². The quantitative estimate of drug-likeness (QED) is 0.333. The third-order valence-corrected chi connectivity index (χ3v) is 7.40. The van der Waals surface area contributed by atoms with Gasteiger partial charge in [0.05, 0.1) is 32.6 Å². The number of benzene rings is 2. The molecule has 2 heterocycles. The molecule has 0 spiro atoms. The van der Waals surface area contributed by atoms with Crippen LogP contribution in [0.3, 0.4) is 0 Å². The van der Waals surface area contributed by atoms with E-state index in [-0.39, 0.29) is 35.0 Å². The molecule has 9 heteroatoms. The smallest absolute Gasteiger partial charge is 0.273 e. The van der Waals surface area contributed by atoms with Crippen LogP contribution in [-0.2, 0) is 4.79 Å². The van der Waals surface area contributed by atoms with Crippen molar-refractivity contribution in [2.45, 2.75) is 38.6 Å². The second-order valence-electron chi connectivity index (χ2n) is 8.86. The number of carbonyl (C=O) groups excluding carboxylic acids is 2. The lowest BCUT2D eigenvalue weighted by Gasteiger charge is -2.26. The van der Waals surface area contributed by atoms with Crippen molar-refractivity contribution in [2.24, 2.45) is 5.92 Å². The van der Waals surface area contributed by atoms with Crippen molar-refractivity contribution in [1.82, 2.24) is 25.6 Å². The normalized spacial score (nSPS) is 17.7. The highest BCUT2D eigenvalue weighted by Gasteiger charge is 2.32. The lowest BCUT2D eigenvalue weighted by molar-refractivity contribution is -0.126. The van der Waals surface area contributed by atoms with Crippen LogP contribution in [0.1, 0.15) is 54.1 Å². The molecule has 1 aliphatic carbocycles. The summed E-state index contributed by atoms with van der Waals surface area (Å²) >= 11 is 1.60. The van der Waals surface area contributed by atoms with Gasteiger partial charge in [0.25, 0.3) is 11.5 Å². The number of aromatic nitrogens is 3. The average molecular weight is 488 g/mol. The summed E-state index contributed by atoms with van der Waals surface area (Å²) in [6, 6.07) is 14.5. The van der Waals surface area contributed by atoms with Crippen molar-refractivity contribution in [3.05, 3.63) is 81.7 Å². The summed E-state index contributed by atoms with van der Waals surface area (Å²) in [7, 11) is 0. The number of hydrogen-bond donors (Lipinski definition) is 2. The summed E-state index contributed by atoms with van der Waals surface area (Å²) in [4.78, 5) is 43.7. The van der Waals surface area contributed by atoms with E-state index < -0.39 is 5.91 Å². The first-order valence-electron chi connectivity index (χ1n) is 11.6. The van der Waals surface area contributed by atoms with Crippen LogP contribution in [0.2, 0.25) is 0 Å². The summed E-state index contributed by atoms with van der Waals surface area (Å²) in [6.07, 6.45) is 5.33. The maximum atomic E-state index is 13.2. The van der Waals surface area contributed by atoms with E-state index in [0.29, 0.717) is 23.6 Å². The Morgan fingerprint density at radius 2 is 1.71 bits per heavy atom. The Hall–Kier alpha value is -3.85. The zero-order valence-electron chi connectivity index (χ0n) is 19.4. The first-order valence-corrected chi connectivity index (χ1v) is 12.4. The maximum Gasteiger partial charge on any atom is 0.290 e. The minimum Gasteiger partial charge on any atom is -0.273 e. The fourth-order valence-electron chi connectivity index (χ4n) is 4.42. The van der Waals surface area contributed by atoms with Gasteiger partial charge in [-0.15, -0.1) is 11.3 Å². The Morgan fingerprint density at radius 1 is 1.00 bits per heavy atom. The van der Waals surface area contributed by atoms with Crippen LogP contribution in [0.5, 0.6) is 0 Å². The predicted molar refractivity (Wildman–Crippen MR) is 136 cm³/mol. The number of carbonyl (C=O) groups is 2. The third-order valence-electron chi connectivity index (χ3n) is 6.23. The van der Waals surface area contributed by atoms with E-state index in [4.69, 9.17) is 4.98 Å². The summed E-state index contributed by atoms with van der Waals surface area (Å²) < 4.78 is 2.37. The van der Waals surface area contributed by atoms with Gasteiger partial charge >= 0.3 is 0 Å². The van der Waals surface area contributed by atoms with Gasteiger partial charge in [0.15, 0.2) is 5.69 Å². The number of hydrogen-bond acceptors (Lipinski definition) is 6. The van der Waals surface area contributed by atoms with Crippen LogP contribution in [0.15, 0.2) is 65.5 Å². The highest BCUT2D eigenvalue weighted by atomic mass is 32.1. The van der Waals surface area contributed by atoms with Crippen LogP contribution in [0.4, 0.5) is 0 Å². The van der Waals surface area contributed by atoms with E-state index in [1.165, 1.54) is 4.68 Å². The minimum absolute atomic E-state index is 0.0731. The van der Waals surface area contributed by atoms with Gasteiger partial charge < -0.3 is 0 Å². The van der Waals surface area contributed by atoms with E-state index in [1.807, 2.05) is 44.2 Å². The SMILES string of the molecule is CC(C)n1nc(C(=O)NNC(=O)C2CC=CCC2c2nc3ccccc3s2)c2ccccc2c1=O. The fraction of sp³-hybridized carbons (Fsp3) is 0.269. The zero-order valence-corrected chi connectivity index (χ0v) is 20.2. The molecule has 1 aliphatic rings. The molecule has 4 aromatic rings. The summed E-state index contributed by atoms with van der Waals surface area (Å²) in [5, 5.41) is 6.06. The third kappa shape index (κ3) is 4.35. The molecule has 2 amide bonds. The van der Waals surface area contributed by atoms with E-state index >= 15 is 0 Å². The van der Waals surface area contributed by atoms with Crippen LogP contribution in [0, 0.1) is 5.92 Å². The molecule has 5 rings (SSSR count). The number of rotatable bonds is 4. The number of hydrazine groups is 1. The first kappa shape index (κ1) is 22.9. The first-order chi connectivity index (χ1) is 16.9. The Bertz CT molecular complexity index is 1490. The molecule has 0 bridgehead atoms. The molecular formula is C26H25N5O3S. The largest absolute Gasteiger partial charge is 0.290 e. The zero-order chi connectivity index (χ0) is 24.5. The number of amides is 2. The van der Waals surface area contributed by atoms with Crippen LogP contribution >= 0.6 is 11.3 Å². The highest BCUT2D eigenvalue weighted by Crippen LogP contribution is 2.38. The van der Waals surface area contributed by atoms with Gasteiger partial charge in [-0.3, -0.25) is 25.2 Å². The molecule has 0 aliphatic heterocycles. The summed E-state index contributed by atoms with van der Waals surface area (Å²) in [6.45, 7) is 3.65. The average Bonchev–Trinajstić information content (AvgIpc) is 3.31. The highest BCUT2D eigenvalue weighted by molar-refractivity contribution is 7.18. The molecule has 8 nitrogen and oxygen atoms in total. The van der Waals surface area contributed by atoms with Gasteiger partial charge in [0.1, 0.15) is 0 Å². The molecule has 0 saturated heterocycles. The number of nitrogens with one attached hydrogen (secondary N) is 2. The van der Waals surface area contributed by atoms with Gasteiger partial charge in [-0.2, -0.15) is 5.10 Å². The Labute approximate surface area is 205 Å². The van der Waals surface area contributed by atoms with Crippen molar-refractivity contribution in [1.29, 1.82) is 0 Å². The fourth-order valence-corrected chi connectivity index (χ4v) is 5.57. The van der Waals surface area contributed by atoms with E-state index in [0.717, 1.165) is 15.2 Å². The minimum atomic E-state index is -0.577. The van der Waals surface area contributed by atoms with Gasteiger partial charge in [0, 0.05) is 11.3 Å². The number of para-hydroxylation sites is 1. The summed E-state index contributed by atoms with van der Waals surface area (Å²) in [5.41, 5.74) is 5.85. The molecule has 178 valence electrons. The van der Waals surface area contributed by atoms with Gasteiger partial charge in [-0.25, -0.2) is 9.67 Å². The molecule has 2 aromatic heterocycles. The predicted octanol–water partition coefficient (Wildman–Crippen LogP) is 4.10. The second kappa shape index (κ2) is 9.42. The lowest BCUT2D eigenvalue weighted by atomic mass is 9.83. The van der Waals surface area contributed by atoms with E-state index in [1.54, 1.807) is 35.6 Å². The molecule has 2 aromatic carbocycles. The van der Waals surface area contributed by atoms with Crippen LogP contribution in [0.25, 0.3) is 21.0 Å². The Balaban J connectivity index is 1.37. The molecule has 2 unspecified atom stereocenters. The topological polar surface area (TPSA) is 106 Å². The van der Waals surface area contributed by atoms with Crippen molar-refractivity contribution in [2.75, 3.05) is 0 Å². The Kier molecular flexibility index (Phi) is 6.17. The number of fused-ring (bicyclic) bond motifs is 2. The van der Waals surface area contributed by atoms with Gasteiger partial charge in [-0.05, 0) is 44.9 Å². The number of allylic oxidation sites excluding steroid dienone is 2. The molecule has 0 saturated carbocycles.